The molecule has 0 spiro atoms. The van der Waals surface area contributed by atoms with E-state index in [-0.39, 0.29) is 0 Å². The highest BCUT2D eigenvalue weighted by Gasteiger charge is 2.21. The Kier molecular flexibility index (Phi) is 9.88. The summed E-state index contributed by atoms with van der Waals surface area (Å²) in [6.45, 7) is 13.4. The normalized spacial score (nSPS) is 13.5. The number of aliphatic carboxylic acids is 1. The number of ether oxygens (including phenoxy) is 1. The highest BCUT2D eigenvalue weighted by Crippen LogP contribution is 2.08. The first kappa shape index (κ1) is 18.4. The van der Waals surface area contributed by atoms with Crippen LogP contribution in [0.25, 0.3) is 0 Å². The van der Waals surface area contributed by atoms with Crippen molar-refractivity contribution in [3.05, 3.63) is 0 Å². The lowest BCUT2D eigenvalue weighted by Gasteiger charge is -2.26. The van der Waals surface area contributed by atoms with Gasteiger partial charge in [0.1, 0.15) is 0 Å². The Labute approximate surface area is 118 Å². The largest absolute Gasteiger partial charge is 0.479 e. The molecule has 0 aliphatic heterocycles. The van der Waals surface area contributed by atoms with Crippen molar-refractivity contribution in [1.29, 1.82) is 0 Å². The van der Waals surface area contributed by atoms with Crippen molar-refractivity contribution < 1.29 is 14.6 Å². The molecule has 0 aromatic carbocycles. The van der Waals surface area contributed by atoms with Crippen LogP contribution in [-0.2, 0) is 9.53 Å². The van der Waals surface area contributed by atoms with Gasteiger partial charge in [0.05, 0.1) is 0 Å². The monoisotopic (exact) mass is 273 g/mol. The summed E-state index contributed by atoms with van der Waals surface area (Å²) in [4.78, 5) is 13.4. The van der Waals surface area contributed by atoms with Crippen LogP contribution in [0.1, 0.15) is 47.5 Å². The predicted molar refractivity (Wildman–Crippen MR) is 78.4 cm³/mol. The Morgan fingerprint density at radius 1 is 1.11 bits per heavy atom. The van der Waals surface area contributed by atoms with Gasteiger partial charge >= 0.3 is 5.97 Å². The summed E-state index contributed by atoms with van der Waals surface area (Å²) < 4.78 is 5.31. The maximum Gasteiger partial charge on any atom is 0.334 e. The van der Waals surface area contributed by atoms with Crippen molar-refractivity contribution in [2.24, 2.45) is 11.8 Å². The molecule has 1 atom stereocenters. The quantitative estimate of drug-likeness (QED) is 0.629. The lowest BCUT2D eigenvalue weighted by atomic mass is 10.1. The fraction of sp³-hybridized carbons (Fsp3) is 0.933. The van der Waals surface area contributed by atoms with E-state index in [0.29, 0.717) is 25.0 Å². The van der Waals surface area contributed by atoms with Crippen molar-refractivity contribution in [1.82, 2.24) is 4.90 Å². The van der Waals surface area contributed by atoms with Gasteiger partial charge in [-0.15, -0.1) is 0 Å². The molecule has 0 aromatic heterocycles. The van der Waals surface area contributed by atoms with E-state index in [1.54, 1.807) is 0 Å². The summed E-state index contributed by atoms with van der Waals surface area (Å²) in [7, 11) is 0. The molecular weight excluding hydrogens is 242 g/mol. The number of carboxylic acid groups (broad SMARTS) is 1. The van der Waals surface area contributed by atoms with E-state index in [4.69, 9.17) is 9.84 Å². The second-order valence-electron chi connectivity index (χ2n) is 5.95. The van der Waals surface area contributed by atoms with E-state index in [9.17, 15) is 4.79 Å². The third-order valence-corrected chi connectivity index (χ3v) is 3.11. The number of carbonyl (C=O) groups is 1. The number of rotatable bonds is 11. The fourth-order valence-electron chi connectivity index (χ4n) is 1.81. The lowest BCUT2D eigenvalue weighted by Crippen LogP contribution is -2.40. The first-order chi connectivity index (χ1) is 8.86. The van der Waals surface area contributed by atoms with Gasteiger partial charge in [0.15, 0.2) is 6.10 Å². The number of nitrogens with zero attached hydrogens (tertiary/aromatic N) is 1. The van der Waals surface area contributed by atoms with E-state index in [1.807, 2.05) is 6.92 Å². The maximum atomic E-state index is 11.1. The molecular formula is C15H31NO3. The van der Waals surface area contributed by atoms with E-state index in [0.717, 1.165) is 25.9 Å². The Morgan fingerprint density at radius 2 is 1.58 bits per heavy atom. The van der Waals surface area contributed by atoms with Crippen LogP contribution in [0, 0.1) is 11.8 Å². The molecule has 4 nitrogen and oxygen atoms in total. The first-order valence-corrected chi connectivity index (χ1v) is 7.43. The fourth-order valence-corrected chi connectivity index (χ4v) is 1.81. The van der Waals surface area contributed by atoms with Crippen LogP contribution in [0.3, 0.4) is 0 Å². The van der Waals surface area contributed by atoms with E-state index >= 15 is 0 Å². The molecule has 4 heteroatoms. The molecule has 0 bridgehead atoms. The van der Waals surface area contributed by atoms with Gasteiger partial charge in [-0.1, -0.05) is 27.7 Å². The van der Waals surface area contributed by atoms with Gasteiger partial charge in [-0.05, 0) is 44.7 Å². The Bertz CT molecular complexity index is 230. The summed E-state index contributed by atoms with van der Waals surface area (Å²) in [5, 5.41) is 9.16. The second-order valence-corrected chi connectivity index (χ2v) is 5.95. The van der Waals surface area contributed by atoms with Crippen LogP contribution in [0.5, 0.6) is 0 Å². The minimum atomic E-state index is -0.860. The summed E-state index contributed by atoms with van der Waals surface area (Å²) in [6.07, 6.45) is 1.48. The molecule has 0 aromatic rings. The molecule has 0 fully saturated rings. The number of hydrogen-bond donors (Lipinski definition) is 1. The minimum Gasteiger partial charge on any atom is -0.479 e. The Hall–Kier alpha value is -0.610. The van der Waals surface area contributed by atoms with Crippen LogP contribution in [0.15, 0.2) is 0 Å². The second kappa shape index (κ2) is 10.2. The molecule has 0 radical (unpaired) electrons. The molecule has 0 amide bonds. The lowest BCUT2D eigenvalue weighted by molar-refractivity contribution is -0.151. The van der Waals surface area contributed by atoms with E-state index < -0.39 is 12.1 Å². The Morgan fingerprint density at radius 3 is 1.89 bits per heavy atom. The van der Waals surface area contributed by atoms with Crippen molar-refractivity contribution in [3.63, 3.8) is 0 Å². The summed E-state index contributed by atoms with van der Waals surface area (Å²) in [5.74, 6) is 0.412. The summed E-state index contributed by atoms with van der Waals surface area (Å²) in [6, 6.07) is 0. The molecule has 1 N–H and O–H groups in total. The minimum absolute atomic E-state index is 0.444. The van der Waals surface area contributed by atoms with Crippen LogP contribution in [0.2, 0.25) is 0 Å². The number of carboxylic acids is 1. The zero-order valence-electron chi connectivity index (χ0n) is 13.2. The zero-order chi connectivity index (χ0) is 14.8. The zero-order valence-corrected chi connectivity index (χ0v) is 13.2. The van der Waals surface area contributed by atoms with Crippen molar-refractivity contribution in [2.45, 2.75) is 53.6 Å². The van der Waals surface area contributed by atoms with Gasteiger partial charge in [0.2, 0.25) is 0 Å². The van der Waals surface area contributed by atoms with E-state index in [1.165, 1.54) is 0 Å². The predicted octanol–water partition coefficient (Wildman–Crippen LogP) is 2.87. The molecule has 0 saturated carbocycles. The maximum absolute atomic E-state index is 11.1. The Balaban J connectivity index is 4.38. The van der Waals surface area contributed by atoms with Gasteiger partial charge in [0.25, 0.3) is 0 Å². The van der Waals surface area contributed by atoms with Crippen LogP contribution < -0.4 is 0 Å². The van der Waals surface area contributed by atoms with Crippen molar-refractivity contribution in [3.8, 4) is 0 Å². The standard InChI is InChI=1S/C15H31NO3/c1-6-19-14(15(17)18)11-16(9-7-12(2)3)10-8-13(4)5/h12-14H,6-11H2,1-5H3,(H,17,18). The molecule has 19 heavy (non-hydrogen) atoms. The highest BCUT2D eigenvalue weighted by molar-refractivity contribution is 5.72. The van der Waals surface area contributed by atoms with Crippen LogP contribution >= 0.6 is 0 Å². The van der Waals surface area contributed by atoms with Crippen molar-refractivity contribution in [2.75, 3.05) is 26.2 Å². The van der Waals surface area contributed by atoms with Crippen LogP contribution in [0.4, 0.5) is 0 Å². The van der Waals surface area contributed by atoms with Gasteiger partial charge in [-0.25, -0.2) is 4.79 Å². The highest BCUT2D eigenvalue weighted by atomic mass is 16.5. The van der Waals surface area contributed by atoms with Gasteiger partial charge < -0.3 is 14.7 Å². The SMILES string of the molecule is CCOC(CN(CCC(C)C)CCC(C)C)C(=O)O. The molecule has 0 saturated heterocycles. The molecule has 114 valence electrons. The van der Waals surface area contributed by atoms with Gasteiger partial charge in [-0.3, -0.25) is 0 Å². The topological polar surface area (TPSA) is 49.8 Å². The third kappa shape index (κ3) is 9.91. The third-order valence-electron chi connectivity index (χ3n) is 3.11. The summed E-state index contributed by atoms with van der Waals surface area (Å²) in [5.41, 5.74) is 0. The molecule has 0 aliphatic rings. The van der Waals surface area contributed by atoms with Crippen molar-refractivity contribution >= 4 is 5.97 Å². The van der Waals surface area contributed by atoms with Gasteiger partial charge in [-0.2, -0.15) is 0 Å². The number of hydrogen-bond acceptors (Lipinski definition) is 3. The first-order valence-electron chi connectivity index (χ1n) is 7.43. The average molecular weight is 273 g/mol. The summed E-state index contributed by atoms with van der Waals surface area (Å²) >= 11 is 0. The smallest absolute Gasteiger partial charge is 0.334 e. The van der Waals surface area contributed by atoms with Crippen LogP contribution in [-0.4, -0.2) is 48.3 Å². The average Bonchev–Trinajstić information content (AvgIpc) is 2.30. The molecule has 0 rings (SSSR count). The molecule has 0 heterocycles. The molecule has 0 aliphatic carbocycles. The molecule has 1 unspecified atom stereocenters. The van der Waals surface area contributed by atoms with Gasteiger partial charge in [0, 0.05) is 13.2 Å². The van der Waals surface area contributed by atoms with E-state index in [2.05, 4.69) is 32.6 Å².